The maximum absolute atomic E-state index is 13.0. The zero-order chi connectivity index (χ0) is 24.0. The highest BCUT2D eigenvalue weighted by molar-refractivity contribution is 6.21. The fourth-order valence-corrected chi connectivity index (χ4v) is 3.91. The van der Waals surface area contributed by atoms with E-state index >= 15 is 0 Å². The number of hydrogen-bond donors (Lipinski definition) is 1. The number of benzene rings is 2. The molecule has 0 bridgehead atoms. The number of fused-ring (bicyclic) bond motifs is 1. The third kappa shape index (κ3) is 4.01. The molecule has 4 rings (SSSR count). The highest BCUT2D eigenvalue weighted by atomic mass is 19.4. The standard InChI is InChI=1S/C22H18F3N3O5/c1-21(13-7-9-14(10-8-13)33-22(23,24)25)19(31)28(20(32)26-21)12-4-11-27-17(29)15-5-2-3-6-16(15)18(27)30/h2-3,5-10H,4,11-12H2,1H3,(H,26,32). The van der Waals surface area contributed by atoms with Gasteiger partial charge in [0, 0.05) is 13.1 Å². The molecule has 172 valence electrons. The molecule has 11 heteroatoms. The number of nitrogens with one attached hydrogen (secondary N) is 1. The first kappa shape index (κ1) is 22.3. The van der Waals surface area contributed by atoms with Crippen LogP contribution in [-0.4, -0.2) is 53.0 Å². The van der Waals surface area contributed by atoms with E-state index < -0.39 is 41.4 Å². The van der Waals surface area contributed by atoms with Gasteiger partial charge in [0.25, 0.3) is 17.7 Å². The Labute approximate surface area is 185 Å². The van der Waals surface area contributed by atoms with Gasteiger partial charge in [-0.25, -0.2) is 4.79 Å². The summed E-state index contributed by atoms with van der Waals surface area (Å²) < 4.78 is 40.9. The Kier molecular flexibility index (Phi) is 5.35. The summed E-state index contributed by atoms with van der Waals surface area (Å²) in [5.74, 6) is -1.92. The molecule has 1 N–H and O–H groups in total. The van der Waals surface area contributed by atoms with Crippen LogP contribution in [-0.2, 0) is 10.3 Å². The molecule has 1 saturated heterocycles. The number of ether oxygens (including phenoxy) is 1. The average molecular weight is 461 g/mol. The third-order valence-electron chi connectivity index (χ3n) is 5.58. The van der Waals surface area contributed by atoms with E-state index in [0.29, 0.717) is 11.1 Å². The Morgan fingerprint density at radius 3 is 1.97 bits per heavy atom. The summed E-state index contributed by atoms with van der Waals surface area (Å²) in [5.41, 5.74) is -0.590. The van der Waals surface area contributed by atoms with Crippen molar-refractivity contribution in [3.05, 3.63) is 65.2 Å². The smallest absolute Gasteiger partial charge is 0.406 e. The van der Waals surface area contributed by atoms with Crippen molar-refractivity contribution >= 4 is 23.8 Å². The normalized spacial score (nSPS) is 20.4. The first-order chi connectivity index (χ1) is 15.5. The zero-order valence-electron chi connectivity index (χ0n) is 17.3. The van der Waals surface area contributed by atoms with Crippen LogP contribution in [0, 0.1) is 0 Å². The van der Waals surface area contributed by atoms with Crippen molar-refractivity contribution < 1.29 is 37.1 Å². The molecular weight excluding hydrogens is 443 g/mol. The number of hydrogen-bond acceptors (Lipinski definition) is 5. The monoisotopic (exact) mass is 461 g/mol. The summed E-state index contributed by atoms with van der Waals surface area (Å²) >= 11 is 0. The highest BCUT2D eigenvalue weighted by Crippen LogP contribution is 2.31. The van der Waals surface area contributed by atoms with E-state index in [1.165, 1.54) is 19.1 Å². The van der Waals surface area contributed by atoms with Crippen molar-refractivity contribution in [2.45, 2.75) is 25.2 Å². The Morgan fingerprint density at radius 2 is 1.42 bits per heavy atom. The van der Waals surface area contributed by atoms with Gasteiger partial charge in [0.2, 0.25) is 0 Å². The number of carbonyl (C=O) groups excluding carboxylic acids is 4. The number of rotatable bonds is 6. The minimum absolute atomic E-state index is 0.0175. The molecule has 0 saturated carbocycles. The Bertz CT molecular complexity index is 1110. The van der Waals surface area contributed by atoms with Crippen molar-refractivity contribution in [3.8, 4) is 5.75 Å². The van der Waals surface area contributed by atoms with Crippen molar-refractivity contribution in [1.29, 1.82) is 0 Å². The summed E-state index contributed by atoms with van der Waals surface area (Å²) in [5, 5.41) is 2.55. The lowest BCUT2D eigenvalue weighted by Gasteiger charge is -2.23. The molecule has 2 aromatic carbocycles. The molecule has 2 heterocycles. The van der Waals surface area contributed by atoms with Gasteiger partial charge in [-0.2, -0.15) is 0 Å². The molecule has 1 fully saturated rings. The van der Waals surface area contributed by atoms with Gasteiger partial charge >= 0.3 is 12.4 Å². The number of carbonyl (C=O) groups is 4. The average Bonchev–Trinajstić information content (AvgIpc) is 3.13. The van der Waals surface area contributed by atoms with Crippen LogP contribution in [0.3, 0.4) is 0 Å². The predicted octanol–water partition coefficient (Wildman–Crippen LogP) is 3.04. The summed E-state index contributed by atoms with van der Waals surface area (Å²) in [4.78, 5) is 52.3. The molecule has 0 radical (unpaired) electrons. The number of alkyl halides is 3. The van der Waals surface area contributed by atoms with E-state index in [1.807, 2.05) is 0 Å². The van der Waals surface area contributed by atoms with Gasteiger partial charge < -0.3 is 10.1 Å². The van der Waals surface area contributed by atoms with Crippen molar-refractivity contribution in [1.82, 2.24) is 15.1 Å². The van der Waals surface area contributed by atoms with Crippen LogP contribution >= 0.6 is 0 Å². The van der Waals surface area contributed by atoms with Crippen molar-refractivity contribution in [3.63, 3.8) is 0 Å². The van der Waals surface area contributed by atoms with E-state index in [9.17, 15) is 32.3 Å². The van der Waals surface area contributed by atoms with Crippen LogP contribution in [0.2, 0.25) is 0 Å². The molecular formula is C22H18F3N3O5. The van der Waals surface area contributed by atoms with Gasteiger partial charge in [-0.1, -0.05) is 24.3 Å². The van der Waals surface area contributed by atoms with Gasteiger partial charge in [0.15, 0.2) is 0 Å². The number of nitrogens with zero attached hydrogens (tertiary/aromatic N) is 2. The largest absolute Gasteiger partial charge is 0.573 e. The summed E-state index contributed by atoms with van der Waals surface area (Å²) in [6, 6.07) is 10.4. The molecule has 8 nitrogen and oxygen atoms in total. The minimum Gasteiger partial charge on any atom is -0.406 e. The van der Waals surface area contributed by atoms with Gasteiger partial charge in [0.05, 0.1) is 11.1 Å². The third-order valence-corrected chi connectivity index (χ3v) is 5.58. The molecule has 1 atom stereocenters. The Morgan fingerprint density at radius 1 is 0.879 bits per heavy atom. The van der Waals surface area contributed by atoms with Crippen LogP contribution in [0.1, 0.15) is 39.6 Å². The van der Waals surface area contributed by atoms with Crippen LogP contribution in [0.15, 0.2) is 48.5 Å². The second kappa shape index (κ2) is 7.91. The quantitative estimate of drug-likeness (QED) is 0.527. The van der Waals surface area contributed by atoms with E-state index in [1.54, 1.807) is 24.3 Å². The SMILES string of the molecule is CC1(c2ccc(OC(F)(F)F)cc2)NC(=O)N(CCCN2C(=O)c3ccccc3C2=O)C1=O. The lowest BCUT2D eigenvalue weighted by molar-refractivity contribution is -0.274. The van der Waals surface area contributed by atoms with Crippen molar-refractivity contribution in [2.24, 2.45) is 0 Å². The Hall–Kier alpha value is -3.89. The highest BCUT2D eigenvalue weighted by Gasteiger charge is 2.49. The van der Waals surface area contributed by atoms with Gasteiger partial charge in [0.1, 0.15) is 11.3 Å². The molecule has 0 aromatic heterocycles. The second-order valence-electron chi connectivity index (χ2n) is 7.75. The zero-order valence-corrected chi connectivity index (χ0v) is 17.3. The topological polar surface area (TPSA) is 96.0 Å². The maximum Gasteiger partial charge on any atom is 0.573 e. The van der Waals surface area contributed by atoms with Crippen LogP contribution in [0.4, 0.5) is 18.0 Å². The summed E-state index contributed by atoms with van der Waals surface area (Å²) in [7, 11) is 0. The first-order valence-corrected chi connectivity index (χ1v) is 9.97. The van der Waals surface area contributed by atoms with Crippen molar-refractivity contribution in [2.75, 3.05) is 13.1 Å². The molecule has 33 heavy (non-hydrogen) atoms. The molecule has 2 aliphatic rings. The summed E-state index contributed by atoms with van der Waals surface area (Å²) in [6.45, 7) is 1.41. The van der Waals surface area contributed by atoms with E-state index in [2.05, 4.69) is 10.1 Å². The Balaban J connectivity index is 1.40. The molecule has 2 aromatic rings. The molecule has 0 aliphatic carbocycles. The van der Waals surface area contributed by atoms with E-state index in [4.69, 9.17) is 0 Å². The lowest BCUT2D eigenvalue weighted by Crippen LogP contribution is -2.41. The van der Waals surface area contributed by atoms with Gasteiger partial charge in [-0.05, 0) is 43.2 Å². The molecule has 2 aliphatic heterocycles. The van der Waals surface area contributed by atoms with Crippen LogP contribution < -0.4 is 10.1 Å². The van der Waals surface area contributed by atoms with Crippen LogP contribution in [0.25, 0.3) is 0 Å². The van der Waals surface area contributed by atoms with Gasteiger partial charge in [-0.15, -0.1) is 13.2 Å². The number of halogens is 3. The number of urea groups is 1. The predicted molar refractivity (Wildman–Crippen MR) is 107 cm³/mol. The molecule has 0 spiro atoms. The lowest BCUT2D eigenvalue weighted by atomic mass is 9.92. The van der Waals surface area contributed by atoms with E-state index in [-0.39, 0.29) is 25.1 Å². The minimum atomic E-state index is -4.85. The number of amides is 5. The summed E-state index contributed by atoms with van der Waals surface area (Å²) in [6.07, 6.45) is -4.68. The van der Waals surface area contributed by atoms with E-state index in [0.717, 1.165) is 21.9 Å². The fourth-order valence-electron chi connectivity index (χ4n) is 3.91. The second-order valence-corrected chi connectivity index (χ2v) is 7.75. The number of imide groups is 2. The molecule has 1 unspecified atom stereocenters. The first-order valence-electron chi connectivity index (χ1n) is 9.97. The van der Waals surface area contributed by atoms with Crippen LogP contribution in [0.5, 0.6) is 5.75 Å². The molecule has 5 amide bonds. The van der Waals surface area contributed by atoms with Gasteiger partial charge in [-0.3, -0.25) is 24.2 Å². The fraction of sp³-hybridized carbons (Fsp3) is 0.273. The maximum atomic E-state index is 13.0.